The molecule has 0 aliphatic rings. The number of Topliss-reactive ketones (excluding diaryl/α,β-unsaturated/α-hetero) is 1. The second-order valence-electron chi connectivity index (χ2n) is 5.60. The van der Waals surface area contributed by atoms with Gasteiger partial charge in [0.15, 0.2) is 5.78 Å². The molecule has 4 nitrogen and oxygen atoms in total. The SMILES string of the molecule is Cc1ccc(C(CCC(=O)c2ccccc2Cl)[N+](=O)[O-])c(C)c1. The summed E-state index contributed by atoms with van der Waals surface area (Å²) in [5.74, 6) is -0.174. The van der Waals surface area contributed by atoms with E-state index < -0.39 is 6.04 Å². The summed E-state index contributed by atoms with van der Waals surface area (Å²) in [5.41, 5.74) is 3.00. The van der Waals surface area contributed by atoms with Gasteiger partial charge < -0.3 is 0 Å². The van der Waals surface area contributed by atoms with Crippen molar-refractivity contribution in [3.63, 3.8) is 0 Å². The van der Waals surface area contributed by atoms with Gasteiger partial charge in [0.25, 0.3) is 0 Å². The Morgan fingerprint density at radius 3 is 2.52 bits per heavy atom. The van der Waals surface area contributed by atoms with Crippen molar-refractivity contribution in [1.82, 2.24) is 0 Å². The molecular weight excluding hydrogens is 314 g/mol. The van der Waals surface area contributed by atoms with Crippen molar-refractivity contribution < 1.29 is 9.72 Å². The number of hydrogen-bond acceptors (Lipinski definition) is 3. The van der Waals surface area contributed by atoms with E-state index in [0.29, 0.717) is 16.1 Å². The van der Waals surface area contributed by atoms with Crippen LogP contribution in [0.5, 0.6) is 0 Å². The highest BCUT2D eigenvalue weighted by Crippen LogP contribution is 2.27. The summed E-state index contributed by atoms with van der Waals surface area (Å²) in [6.45, 7) is 3.80. The molecule has 0 aliphatic carbocycles. The maximum Gasteiger partial charge on any atom is 0.238 e. The van der Waals surface area contributed by atoms with Crippen LogP contribution in [0.4, 0.5) is 0 Å². The fraction of sp³-hybridized carbons (Fsp3) is 0.278. The Balaban J connectivity index is 2.16. The summed E-state index contributed by atoms with van der Waals surface area (Å²) >= 11 is 6.00. The van der Waals surface area contributed by atoms with Crippen LogP contribution in [-0.4, -0.2) is 10.7 Å². The second-order valence-corrected chi connectivity index (χ2v) is 6.01. The maximum absolute atomic E-state index is 12.3. The summed E-state index contributed by atoms with van der Waals surface area (Å²) in [6.07, 6.45) is 0.240. The second kappa shape index (κ2) is 7.38. The van der Waals surface area contributed by atoms with Crippen LogP contribution in [0.3, 0.4) is 0 Å². The Bertz CT molecular complexity index is 743. The van der Waals surface area contributed by atoms with Gasteiger partial charge in [0.2, 0.25) is 6.04 Å². The number of nitro groups is 1. The highest BCUT2D eigenvalue weighted by Gasteiger charge is 2.26. The maximum atomic E-state index is 12.3. The normalized spacial score (nSPS) is 12.0. The number of benzene rings is 2. The van der Waals surface area contributed by atoms with E-state index in [1.54, 1.807) is 30.3 Å². The minimum absolute atomic E-state index is 0.0860. The zero-order chi connectivity index (χ0) is 17.0. The number of carbonyl (C=O) groups excluding carboxylic acids is 1. The van der Waals surface area contributed by atoms with E-state index in [0.717, 1.165) is 11.1 Å². The lowest BCUT2D eigenvalue weighted by Gasteiger charge is -2.13. The van der Waals surface area contributed by atoms with Gasteiger partial charge in [-0.15, -0.1) is 0 Å². The van der Waals surface area contributed by atoms with Crippen molar-refractivity contribution in [1.29, 1.82) is 0 Å². The van der Waals surface area contributed by atoms with Gasteiger partial charge in [-0.2, -0.15) is 0 Å². The molecule has 0 heterocycles. The standard InChI is InChI=1S/C18H18ClNO3/c1-12-7-8-14(13(2)11-12)17(20(22)23)9-10-18(21)15-5-3-4-6-16(15)19/h3-8,11,17H,9-10H2,1-2H3. The molecule has 2 aromatic carbocycles. The van der Waals surface area contributed by atoms with E-state index in [-0.39, 0.29) is 23.5 Å². The molecule has 1 atom stereocenters. The highest BCUT2D eigenvalue weighted by atomic mass is 35.5. The van der Waals surface area contributed by atoms with Crippen molar-refractivity contribution >= 4 is 17.4 Å². The van der Waals surface area contributed by atoms with Crippen LogP contribution >= 0.6 is 11.6 Å². The fourth-order valence-corrected chi connectivity index (χ4v) is 2.90. The molecule has 0 aliphatic heterocycles. The van der Waals surface area contributed by atoms with Crippen LogP contribution in [0.1, 0.15) is 45.9 Å². The van der Waals surface area contributed by atoms with Gasteiger partial charge in [0.05, 0.1) is 5.02 Å². The topological polar surface area (TPSA) is 60.2 Å². The molecule has 0 spiro atoms. The number of aryl methyl sites for hydroxylation is 2. The van der Waals surface area contributed by atoms with Gasteiger partial charge in [-0.05, 0) is 31.5 Å². The minimum atomic E-state index is -0.887. The van der Waals surface area contributed by atoms with Crippen LogP contribution in [0.15, 0.2) is 42.5 Å². The Hall–Kier alpha value is -2.20. The molecule has 0 aromatic heterocycles. The quantitative estimate of drug-likeness (QED) is 0.428. The molecule has 0 amide bonds. The third-order valence-electron chi connectivity index (χ3n) is 3.86. The lowest BCUT2D eigenvalue weighted by Crippen LogP contribution is -2.14. The fourth-order valence-electron chi connectivity index (χ4n) is 2.66. The van der Waals surface area contributed by atoms with Gasteiger partial charge in [0.1, 0.15) is 0 Å². The summed E-state index contributed by atoms with van der Waals surface area (Å²) in [7, 11) is 0. The van der Waals surface area contributed by atoms with Gasteiger partial charge >= 0.3 is 0 Å². The van der Waals surface area contributed by atoms with Crippen molar-refractivity contribution in [2.24, 2.45) is 0 Å². The first-order valence-electron chi connectivity index (χ1n) is 7.38. The molecular formula is C18H18ClNO3. The average Bonchev–Trinajstić information content (AvgIpc) is 2.49. The molecule has 1 unspecified atom stereocenters. The number of nitrogens with zero attached hydrogens (tertiary/aromatic N) is 1. The van der Waals surface area contributed by atoms with Gasteiger partial charge in [-0.3, -0.25) is 14.9 Å². The minimum Gasteiger partial charge on any atom is -0.294 e. The molecule has 2 rings (SSSR count). The monoisotopic (exact) mass is 331 g/mol. The first-order chi connectivity index (χ1) is 10.9. The highest BCUT2D eigenvalue weighted by molar-refractivity contribution is 6.33. The lowest BCUT2D eigenvalue weighted by molar-refractivity contribution is -0.529. The largest absolute Gasteiger partial charge is 0.294 e. The summed E-state index contributed by atoms with van der Waals surface area (Å²) in [6, 6.07) is 11.4. The summed E-state index contributed by atoms with van der Waals surface area (Å²) in [4.78, 5) is 23.4. The summed E-state index contributed by atoms with van der Waals surface area (Å²) < 4.78 is 0. The Morgan fingerprint density at radius 1 is 1.22 bits per heavy atom. The van der Waals surface area contributed by atoms with Gasteiger partial charge in [-0.25, -0.2) is 0 Å². The van der Waals surface area contributed by atoms with Gasteiger partial charge in [0, 0.05) is 28.9 Å². The van der Waals surface area contributed by atoms with Crippen LogP contribution in [-0.2, 0) is 0 Å². The first-order valence-corrected chi connectivity index (χ1v) is 7.76. The zero-order valence-electron chi connectivity index (χ0n) is 13.1. The predicted molar refractivity (Wildman–Crippen MR) is 90.7 cm³/mol. The van der Waals surface area contributed by atoms with E-state index in [1.165, 1.54) is 0 Å². The van der Waals surface area contributed by atoms with Crippen LogP contribution in [0, 0.1) is 24.0 Å². The van der Waals surface area contributed by atoms with Crippen molar-refractivity contribution in [2.45, 2.75) is 32.7 Å². The molecule has 23 heavy (non-hydrogen) atoms. The van der Waals surface area contributed by atoms with E-state index in [9.17, 15) is 14.9 Å². The molecule has 0 fully saturated rings. The number of carbonyl (C=O) groups is 1. The third-order valence-corrected chi connectivity index (χ3v) is 4.19. The number of ketones is 1. The zero-order valence-corrected chi connectivity index (χ0v) is 13.8. The first kappa shape index (κ1) is 17.2. The molecule has 0 saturated carbocycles. The van der Waals surface area contributed by atoms with E-state index in [4.69, 9.17) is 11.6 Å². The van der Waals surface area contributed by atoms with Crippen molar-refractivity contribution in [3.05, 3.63) is 79.9 Å². The number of hydrogen-bond donors (Lipinski definition) is 0. The van der Waals surface area contributed by atoms with E-state index >= 15 is 0 Å². The average molecular weight is 332 g/mol. The van der Waals surface area contributed by atoms with E-state index in [1.807, 2.05) is 26.0 Å². The lowest BCUT2D eigenvalue weighted by atomic mass is 9.94. The predicted octanol–water partition coefficient (Wildman–Crippen LogP) is 4.94. The Labute approximate surface area is 140 Å². The van der Waals surface area contributed by atoms with Crippen LogP contribution in [0.2, 0.25) is 5.02 Å². The van der Waals surface area contributed by atoms with Crippen LogP contribution < -0.4 is 0 Å². The summed E-state index contributed by atoms with van der Waals surface area (Å²) in [5, 5.41) is 11.8. The molecule has 2 aromatic rings. The molecule has 0 N–H and O–H groups in total. The van der Waals surface area contributed by atoms with Gasteiger partial charge in [-0.1, -0.05) is 47.5 Å². The third kappa shape index (κ3) is 4.17. The number of halogens is 1. The molecule has 0 bridgehead atoms. The Morgan fingerprint density at radius 2 is 1.91 bits per heavy atom. The number of rotatable bonds is 6. The molecule has 0 saturated heterocycles. The Kier molecular flexibility index (Phi) is 5.50. The molecule has 5 heteroatoms. The molecule has 120 valence electrons. The van der Waals surface area contributed by atoms with Crippen molar-refractivity contribution in [2.75, 3.05) is 0 Å². The van der Waals surface area contributed by atoms with E-state index in [2.05, 4.69) is 0 Å². The van der Waals surface area contributed by atoms with Crippen molar-refractivity contribution in [3.8, 4) is 0 Å². The smallest absolute Gasteiger partial charge is 0.238 e. The van der Waals surface area contributed by atoms with Crippen LogP contribution in [0.25, 0.3) is 0 Å². The molecule has 0 radical (unpaired) electrons.